The summed E-state index contributed by atoms with van der Waals surface area (Å²) in [6.45, 7) is 0.376. The molecule has 9 heteroatoms. The van der Waals surface area contributed by atoms with Crippen LogP contribution in [0.2, 0.25) is 0 Å². The van der Waals surface area contributed by atoms with Gasteiger partial charge in [-0.25, -0.2) is 0 Å². The molecule has 6 nitrogen and oxygen atoms in total. The fraction of sp³-hybridized carbons (Fsp3) is 0.167. The summed E-state index contributed by atoms with van der Waals surface area (Å²) in [4.78, 5) is 30.0. The summed E-state index contributed by atoms with van der Waals surface area (Å²) in [5.74, 6) is -1.34. The molecule has 1 atom stereocenters. The number of carbonyl (C=O) groups is 1. The molecule has 6 rings (SSSR count). The number of aromatic nitrogens is 2. The van der Waals surface area contributed by atoms with Crippen LogP contribution in [0.25, 0.3) is 21.8 Å². The van der Waals surface area contributed by atoms with Crippen LogP contribution in [-0.4, -0.2) is 27.1 Å². The minimum absolute atomic E-state index is 0.0566. The van der Waals surface area contributed by atoms with Crippen LogP contribution in [0.5, 0.6) is 5.75 Å². The van der Waals surface area contributed by atoms with Crippen molar-refractivity contribution in [3.8, 4) is 5.75 Å². The van der Waals surface area contributed by atoms with Crippen LogP contribution >= 0.6 is 0 Å². The maximum absolute atomic E-state index is 14.0. The van der Waals surface area contributed by atoms with Crippen molar-refractivity contribution in [3.05, 3.63) is 147 Å². The number of nitrogens with zero attached hydrogens (tertiary/aromatic N) is 1. The van der Waals surface area contributed by atoms with Crippen molar-refractivity contribution in [2.24, 2.45) is 7.05 Å². The number of halogens is 3. The molecule has 0 radical (unpaired) electrons. The Morgan fingerprint density at radius 3 is 2.24 bits per heavy atom. The normalized spacial score (nSPS) is 12.4. The van der Waals surface area contributed by atoms with E-state index in [1.54, 1.807) is 55.6 Å². The lowest BCUT2D eigenvalue weighted by Crippen LogP contribution is -2.26. The number of H-pyrrole nitrogens is 1. The van der Waals surface area contributed by atoms with Gasteiger partial charge in [0.15, 0.2) is 0 Å². The van der Waals surface area contributed by atoms with E-state index < -0.39 is 23.2 Å². The average Bonchev–Trinajstić information content (AvgIpc) is 3.41. The van der Waals surface area contributed by atoms with E-state index in [2.05, 4.69) is 10.3 Å². The third-order valence-electron chi connectivity index (χ3n) is 8.23. The minimum atomic E-state index is -4.54. The first-order valence-corrected chi connectivity index (χ1v) is 14.6. The predicted octanol–water partition coefficient (Wildman–Crippen LogP) is 7.29. The fourth-order valence-electron chi connectivity index (χ4n) is 6.00. The molecule has 2 aromatic heterocycles. The highest BCUT2D eigenvalue weighted by Crippen LogP contribution is 2.42. The predicted molar refractivity (Wildman–Crippen MR) is 169 cm³/mol. The highest BCUT2D eigenvalue weighted by molar-refractivity contribution is 5.94. The van der Waals surface area contributed by atoms with Gasteiger partial charge >= 0.3 is 6.18 Å². The Morgan fingerprint density at radius 1 is 0.889 bits per heavy atom. The topological polar surface area (TPSA) is 87.1 Å². The summed E-state index contributed by atoms with van der Waals surface area (Å²) in [5, 5.41) is 15.9. The number of pyridine rings is 1. The number of hydrogen-bond acceptors (Lipinski definition) is 3. The molecule has 0 aliphatic carbocycles. The molecule has 0 spiro atoms. The maximum atomic E-state index is 14.0. The van der Waals surface area contributed by atoms with Gasteiger partial charge in [0.25, 0.3) is 11.5 Å². The van der Waals surface area contributed by atoms with Crippen LogP contribution in [0.4, 0.5) is 13.2 Å². The molecule has 0 bridgehead atoms. The lowest BCUT2D eigenvalue weighted by atomic mass is 9.84. The number of rotatable bonds is 8. The van der Waals surface area contributed by atoms with Crippen molar-refractivity contribution >= 4 is 27.7 Å². The smallest absolute Gasteiger partial charge is 0.416 e. The van der Waals surface area contributed by atoms with Crippen molar-refractivity contribution in [1.82, 2.24) is 14.9 Å². The number of aromatic amines is 1. The molecule has 45 heavy (non-hydrogen) atoms. The van der Waals surface area contributed by atoms with E-state index in [1.807, 2.05) is 30.3 Å². The second-order valence-electron chi connectivity index (χ2n) is 11.0. The summed E-state index contributed by atoms with van der Waals surface area (Å²) in [7, 11) is 1.61. The summed E-state index contributed by atoms with van der Waals surface area (Å²) in [5.41, 5.74) is 2.49. The SMILES string of the molecule is Cn1c(=O)c(C(c2ccc(C(F)(F)F)cc2)c2[nH]c3ccccc3c2CCCNC(=O)c2ccccc2)c(O)c2ccccc21. The van der Waals surface area contributed by atoms with E-state index in [1.165, 1.54) is 16.7 Å². The van der Waals surface area contributed by atoms with E-state index in [9.17, 15) is 27.9 Å². The molecule has 1 unspecified atom stereocenters. The molecule has 0 saturated heterocycles. The third kappa shape index (κ3) is 5.69. The first-order chi connectivity index (χ1) is 21.6. The van der Waals surface area contributed by atoms with Crippen LogP contribution in [0, 0.1) is 0 Å². The van der Waals surface area contributed by atoms with Crippen LogP contribution in [0.3, 0.4) is 0 Å². The monoisotopic (exact) mass is 609 g/mol. The van der Waals surface area contributed by atoms with E-state index in [0.29, 0.717) is 47.1 Å². The number of amides is 1. The Balaban J connectivity index is 1.48. The maximum Gasteiger partial charge on any atom is 0.416 e. The first-order valence-electron chi connectivity index (χ1n) is 14.6. The highest BCUT2D eigenvalue weighted by atomic mass is 19.4. The number of alkyl halides is 3. The van der Waals surface area contributed by atoms with Crippen molar-refractivity contribution in [2.45, 2.75) is 24.9 Å². The van der Waals surface area contributed by atoms with Crippen LogP contribution in [-0.2, 0) is 19.6 Å². The molecule has 0 saturated carbocycles. The Morgan fingerprint density at radius 2 is 1.53 bits per heavy atom. The number of para-hydroxylation sites is 2. The zero-order chi connectivity index (χ0) is 31.7. The van der Waals surface area contributed by atoms with E-state index in [4.69, 9.17) is 0 Å². The Labute approximate surface area is 256 Å². The van der Waals surface area contributed by atoms with Gasteiger partial charge in [0.1, 0.15) is 5.75 Å². The van der Waals surface area contributed by atoms with E-state index in [-0.39, 0.29) is 17.2 Å². The van der Waals surface area contributed by atoms with Gasteiger partial charge in [0.05, 0.1) is 22.6 Å². The summed E-state index contributed by atoms with van der Waals surface area (Å²) in [6.07, 6.45) is -3.50. The highest BCUT2D eigenvalue weighted by Gasteiger charge is 2.33. The number of fused-ring (bicyclic) bond motifs is 2. The average molecular weight is 610 g/mol. The van der Waals surface area contributed by atoms with Crippen LogP contribution in [0.15, 0.2) is 108 Å². The van der Waals surface area contributed by atoms with Crippen molar-refractivity contribution in [1.29, 1.82) is 0 Å². The zero-order valence-corrected chi connectivity index (χ0v) is 24.4. The second-order valence-corrected chi connectivity index (χ2v) is 11.0. The molecular formula is C36H30F3N3O3. The van der Waals surface area contributed by atoms with Gasteiger partial charge in [0, 0.05) is 41.1 Å². The number of aryl methyl sites for hydroxylation is 2. The van der Waals surface area contributed by atoms with Crippen molar-refractivity contribution in [3.63, 3.8) is 0 Å². The molecule has 228 valence electrons. The minimum Gasteiger partial charge on any atom is -0.507 e. The molecular weight excluding hydrogens is 579 g/mol. The summed E-state index contributed by atoms with van der Waals surface area (Å²) in [6, 6.07) is 28.1. The van der Waals surface area contributed by atoms with Gasteiger partial charge in [-0.3, -0.25) is 9.59 Å². The molecule has 6 aromatic rings. The Kier molecular flexibility index (Phi) is 7.93. The molecule has 0 aliphatic rings. The first kappa shape index (κ1) is 29.7. The lowest BCUT2D eigenvalue weighted by Gasteiger charge is -2.22. The standard InChI is InChI=1S/C36H30F3N3O3/c1-42-29-16-8-6-13-27(29)33(43)31(35(42)45)30(22-17-19-24(20-18-22)36(37,38)39)32-26(25-12-5-7-15-28(25)41-32)14-9-21-40-34(44)23-10-3-2-4-11-23/h2-8,10-13,15-20,30,41,43H,9,14,21H2,1H3,(H,40,44). The number of benzene rings is 4. The molecule has 2 heterocycles. The zero-order valence-electron chi connectivity index (χ0n) is 24.4. The van der Waals surface area contributed by atoms with Gasteiger partial charge in [-0.2, -0.15) is 13.2 Å². The number of hydrogen-bond donors (Lipinski definition) is 3. The number of nitrogens with one attached hydrogen (secondary N) is 2. The van der Waals surface area contributed by atoms with Crippen molar-refractivity contribution in [2.75, 3.05) is 6.54 Å². The fourth-order valence-corrected chi connectivity index (χ4v) is 6.00. The quantitative estimate of drug-likeness (QED) is 0.159. The van der Waals surface area contributed by atoms with Gasteiger partial charge in [-0.15, -0.1) is 0 Å². The largest absolute Gasteiger partial charge is 0.507 e. The number of aromatic hydroxyl groups is 1. The Hall–Kier alpha value is -5.31. The van der Waals surface area contributed by atoms with Gasteiger partial charge in [-0.1, -0.05) is 60.7 Å². The number of carbonyl (C=O) groups excluding carboxylic acids is 1. The molecule has 0 fully saturated rings. The van der Waals surface area contributed by atoms with Gasteiger partial charge in [0.2, 0.25) is 0 Å². The van der Waals surface area contributed by atoms with Crippen LogP contribution in [0.1, 0.15) is 50.6 Å². The summed E-state index contributed by atoms with van der Waals surface area (Å²) >= 11 is 0. The third-order valence-corrected chi connectivity index (χ3v) is 8.23. The Bertz CT molecular complexity index is 2060. The molecule has 3 N–H and O–H groups in total. The van der Waals surface area contributed by atoms with Crippen molar-refractivity contribution < 1.29 is 23.1 Å². The van der Waals surface area contributed by atoms with Gasteiger partial charge < -0.3 is 20.0 Å². The van der Waals surface area contributed by atoms with E-state index >= 15 is 0 Å². The molecule has 1 amide bonds. The van der Waals surface area contributed by atoms with Crippen LogP contribution < -0.4 is 10.9 Å². The van der Waals surface area contributed by atoms with E-state index in [0.717, 1.165) is 28.6 Å². The molecule has 0 aliphatic heterocycles. The van der Waals surface area contributed by atoms with Gasteiger partial charge in [-0.05, 0) is 66.4 Å². The summed E-state index contributed by atoms with van der Waals surface area (Å²) < 4.78 is 42.1. The second kappa shape index (κ2) is 12.0. The lowest BCUT2D eigenvalue weighted by molar-refractivity contribution is -0.137. The molecule has 4 aromatic carbocycles.